The van der Waals surface area contributed by atoms with E-state index >= 15 is 0 Å². The van der Waals surface area contributed by atoms with Crippen LogP contribution in [0.15, 0.2) is 46.9 Å². The first kappa shape index (κ1) is 17.7. The third kappa shape index (κ3) is 3.91. The molecule has 1 aromatic carbocycles. The molecule has 0 fully saturated rings. The molecule has 0 aliphatic rings. The number of carbonyl (C=O) groups excluding carboxylic acids is 1. The molecule has 2 heterocycles. The number of amides is 1. The maximum Gasteiger partial charge on any atom is 0.249 e. The number of hydrogen-bond donors (Lipinski definition) is 2. The van der Waals surface area contributed by atoms with Gasteiger partial charge in [0.05, 0.1) is 5.69 Å². The number of nitrogens with one attached hydrogen (secondary N) is 1. The second-order valence-electron chi connectivity index (χ2n) is 6.51. The molecule has 0 radical (unpaired) electrons. The summed E-state index contributed by atoms with van der Waals surface area (Å²) in [6.07, 6.45) is 0.451. The van der Waals surface area contributed by atoms with Crippen molar-refractivity contribution in [3.05, 3.63) is 70.8 Å². The van der Waals surface area contributed by atoms with Gasteiger partial charge in [-0.3, -0.25) is 4.79 Å². The Hall–Kier alpha value is -3.15. The maximum atomic E-state index is 11.9. The van der Waals surface area contributed by atoms with Crippen molar-refractivity contribution in [3.8, 4) is 0 Å². The smallest absolute Gasteiger partial charge is 0.249 e. The Balaban J connectivity index is 1.95. The van der Waals surface area contributed by atoms with Crippen LogP contribution < -0.4 is 11.1 Å². The average Bonchev–Trinajstić information content (AvgIpc) is 3.01. The number of carbonyl (C=O) groups is 1. The molecule has 0 saturated heterocycles. The van der Waals surface area contributed by atoms with E-state index in [4.69, 9.17) is 10.2 Å². The van der Waals surface area contributed by atoms with Crippen LogP contribution >= 0.6 is 0 Å². The van der Waals surface area contributed by atoms with Crippen molar-refractivity contribution >= 4 is 17.4 Å². The predicted molar refractivity (Wildman–Crippen MR) is 101 cm³/mol. The molecule has 3 aromatic rings. The largest absolute Gasteiger partial charge is 0.466 e. The van der Waals surface area contributed by atoms with Crippen LogP contribution in [0.2, 0.25) is 0 Å². The number of rotatable bonds is 6. The normalized spacial score (nSPS) is 10.9. The average molecular weight is 350 g/mol. The fourth-order valence-electron chi connectivity index (χ4n) is 2.73. The Morgan fingerprint density at radius 2 is 1.96 bits per heavy atom. The molecule has 0 saturated carbocycles. The topological polar surface area (TPSA) is 94.0 Å². The summed E-state index contributed by atoms with van der Waals surface area (Å²) in [5.41, 5.74) is 8.46. The Morgan fingerprint density at radius 3 is 2.54 bits per heavy atom. The summed E-state index contributed by atoms with van der Waals surface area (Å²) < 4.78 is 5.66. The zero-order chi connectivity index (χ0) is 18.7. The Kier molecular flexibility index (Phi) is 5.02. The molecule has 0 spiro atoms. The van der Waals surface area contributed by atoms with Crippen molar-refractivity contribution in [1.82, 2.24) is 10.2 Å². The monoisotopic (exact) mass is 350 g/mol. The number of aryl methyl sites for hydroxylation is 1. The number of primary amides is 1. The number of nitrogens with two attached hydrogens (primary N) is 1. The van der Waals surface area contributed by atoms with Gasteiger partial charge >= 0.3 is 0 Å². The van der Waals surface area contributed by atoms with Gasteiger partial charge < -0.3 is 15.5 Å². The van der Waals surface area contributed by atoms with Crippen LogP contribution in [0.1, 0.15) is 52.9 Å². The molecule has 6 heteroatoms. The summed E-state index contributed by atoms with van der Waals surface area (Å²) >= 11 is 0. The summed E-state index contributed by atoms with van der Waals surface area (Å²) in [5, 5.41) is 11.7. The SMILES string of the molecule is Cc1ccc(Cc2c(Nc3ccc(C(C)C)nn3)cccc2C(N)=O)o1. The van der Waals surface area contributed by atoms with Crippen molar-refractivity contribution < 1.29 is 9.21 Å². The highest BCUT2D eigenvalue weighted by molar-refractivity contribution is 5.96. The van der Waals surface area contributed by atoms with Gasteiger partial charge in [0.1, 0.15) is 11.5 Å². The molecule has 0 unspecified atom stereocenters. The zero-order valence-corrected chi connectivity index (χ0v) is 15.1. The third-order valence-electron chi connectivity index (χ3n) is 4.13. The lowest BCUT2D eigenvalue weighted by atomic mass is 10.0. The molecule has 3 rings (SSSR count). The molecule has 0 atom stereocenters. The fraction of sp³-hybridized carbons (Fsp3) is 0.250. The van der Waals surface area contributed by atoms with E-state index in [1.165, 1.54) is 0 Å². The summed E-state index contributed by atoms with van der Waals surface area (Å²) in [6.45, 7) is 6.02. The molecular formula is C20H22N4O2. The molecule has 0 aliphatic carbocycles. The van der Waals surface area contributed by atoms with E-state index in [2.05, 4.69) is 29.4 Å². The lowest BCUT2D eigenvalue weighted by Gasteiger charge is -2.14. The number of benzene rings is 1. The fourth-order valence-corrected chi connectivity index (χ4v) is 2.73. The van der Waals surface area contributed by atoms with Crippen LogP contribution in [-0.4, -0.2) is 16.1 Å². The van der Waals surface area contributed by atoms with Crippen molar-refractivity contribution in [1.29, 1.82) is 0 Å². The van der Waals surface area contributed by atoms with Crippen LogP contribution in [0, 0.1) is 6.92 Å². The number of anilines is 2. The van der Waals surface area contributed by atoms with E-state index in [0.29, 0.717) is 23.7 Å². The minimum Gasteiger partial charge on any atom is -0.466 e. The van der Waals surface area contributed by atoms with Gasteiger partial charge in [0.2, 0.25) is 5.91 Å². The number of hydrogen-bond acceptors (Lipinski definition) is 5. The second kappa shape index (κ2) is 7.39. The van der Waals surface area contributed by atoms with Crippen LogP contribution in [0.4, 0.5) is 11.5 Å². The standard InChI is InChI=1S/C20H22N4O2/c1-12(2)17-9-10-19(24-23-17)22-18-6-4-5-15(20(21)25)16(18)11-14-8-7-13(3)26-14/h4-10,12H,11H2,1-3H3,(H2,21,25)(H,22,24). The molecule has 0 aliphatic heterocycles. The summed E-state index contributed by atoms with van der Waals surface area (Å²) in [6, 6.07) is 13.0. The first-order valence-electron chi connectivity index (χ1n) is 8.51. The van der Waals surface area contributed by atoms with Crippen molar-refractivity contribution in [2.45, 2.75) is 33.1 Å². The van der Waals surface area contributed by atoms with E-state index in [0.717, 1.165) is 28.5 Å². The van der Waals surface area contributed by atoms with Gasteiger partial charge in [-0.1, -0.05) is 19.9 Å². The third-order valence-corrected chi connectivity index (χ3v) is 4.13. The van der Waals surface area contributed by atoms with Crippen LogP contribution in [0.5, 0.6) is 0 Å². The quantitative estimate of drug-likeness (QED) is 0.702. The Labute approximate surface area is 152 Å². The van der Waals surface area contributed by atoms with Gasteiger partial charge in [0, 0.05) is 17.7 Å². The summed E-state index contributed by atoms with van der Waals surface area (Å²) in [4.78, 5) is 11.9. The van der Waals surface area contributed by atoms with Crippen molar-refractivity contribution in [3.63, 3.8) is 0 Å². The predicted octanol–water partition coefficient (Wildman–Crippen LogP) is 3.93. The van der Waals surface area contributed by atoms with E-state index in [-0.39, 0.29) is 0 Å². The highest BCUT2D eigenvalue weighted by Gasteiger charge is 2.15. The highest BCUT2D eigenvalue weighted by Crippen LogP contribution is 2.26. The molecule has 26 heavy (non-hydrogen) atoms. The highest BCUT2D eigenvalue weighted by atomic mass is 16.3. The maximum absolute atomic E-state index is 11.9. The lowest BCUT2D eigenvalue weighted by molar-refractivity contribution is 0.0999. The van der Waals surface area contributed by atoms with Gasteiger partial charge in [-0.25, -0.2) is 0 Å². The number of aromatic nitrogens is 2. The zero-order valence-electron chi connectivity index (χ0n) is 15.1. The number of furan rings is 1. The summed E-state index contributed by atoms with van der Waals surface area (Å²) in [7, 11) is 0. The lowest BCUT2D eigenvalue weighted by Crippen LogP contribution is -2.15. The first-order chi connectivity index (χ1) is 12.4. The molecule has 0 bridgehead atoms. The molecule has 134 valence electrons. The van der Waals surface area contributed by atoms with E-state index in [1.807, 2.05) is 37.3 Å². The van der Waals surface area contributed by atoms with Gasteiger partial charge in [-0.15, -0.1) is 5.10 Å². The van der Waals surface area contributed by atoms with Gasteiger partial charge in [-0.05, 0) is 54.8 Å². The minimum absolute atomic E-state index is 0.312. The van der Waals surface area contributed by atoms with E-state index in [1.54, 1.807) is 12.1 Å². The second-order valence-corrected chi connectivity index (χ2v) is 6.51. The Bertz CT molecular complexity index is 914. The van der Waals surface area contributed by atoms with Crippen molar-refractivity contribution in [2.75, 3.05) is 5.32 Å². The van der Waals surface area contributed by atoms with Gasteiger partial charge in [0.25, 0.3) is 0 Å². The Morgan fingerprint density at radius 1 is 1.15 bits per heavy atom. The summed E-state index contributed by atoms with van der Waals surface area (Å²) in [5.74, 6) is 2.02. The first-order valence-corrected chi connectivity index (χ1v) is 8.51. The van der Waals surface area contributed by atoms with Gasteiger partial charge in [0.15, 0.2) is 5.82 Å². The molecule has 2 aromatic heterocycles. The van der Waals surface area contributed by atoms with Gasteiger partial charge in [-0.2, -0.15) is 5.10 Å². The van der Waals surface area contributed by atoms with Crippen LogP contribution in [-0.2, 0) is 6.42 Å². The van der Waals surface area contributed by atoms with Crippen LogP contribution in [0.25, 0.3) is 0 Å². The number of nitrogens with zero attached hydrogens (tertiary/aromatic N) is 2. The molecule has 3 N–H and O–H groups in total. The molecular weight excluding hydrogens is 328 g/mol. The molecule has 6 nitrogen and oxygen atoms in total. The van der Waals surface area contributed by atoms with Crippen molar-refractivity contribution in [2.24, 2.45) is 5.73 Å². The molecule has 1 amide bonds. The van der Waals surface area contributed by atoms with E-state index < -0.39 is 5.91 Å². The van der Waals surface area contributed by atoms with E-state index in [9.17, 15) is 4.79 Å². The minimum atomic E-state index is -0.479. The van der Waals surface area contributed by atoms with Crippen LogP contribution in [0.3, 0.4) is 0 Å².